The Labute approximate surface area is 205 Å². The Balaban J connectivity index is 3.15. The average Bonchev–Trinajstić information content (AvgIpc) is 2.74. The second-order valence-corrected chi connectivity index (χ2v) is 8.71. The van der Waals surface area contributed by atoms with Gasteiger partial charge in [0, 0.05) is 18.8 Å². The van der Waals surface area contributed by atoms with Crippen LogP contribution in [0.5, 0.6) is 5.75 Å². The number of rotatable bonds is 11. The number of thiol groups is 1. The van der Waals surface area contributed by atoms with Gasteiger partial charge in [-0.15, -0.1) is 0 Å². The molecule has 0 aliphatic rings. The molecule has 0 aromatic heterocycles. The molecule has 0 aliphatic heterocycles. The molecule has 0 aliphatic carbocycles. The van der Waals surface area contributed by atoms with E-state index in [-0.39, 0.29) is 37.6 Å². The van der Waals surface area contributed by atoms with Gasteiger partial charge in [-0.05, 0) is 52.3 Å². The molecule has 2 unspecified atom stereocenters. The summed E-state index contributed by atoms with van der Waals surface area (Å²) in [7, 11) is 0. The minimum Gasteiger partial charge on any atom is -0.508 e. The van der Waals surface area contributed by atoms with Crippen molar-refractivity contribution in [1.82, 2.24) is 15.5 Å². The fraction of sp³-hybridized carbons (Fsp3) is 0.565. The van der Waals surface area contributed by atoms with Gasteiger partial charge in [0.2, 0.25) is 11.8 Å². The number of benzene rings is 1. The molecule has 0 saturated carbocycles. The Morgan fingerprint density at radius 1 is 1.18 bits per heavy atom. The monoisotopic (exact) mass is 497 g/mol. The van der Waals surface area contributed by atoms with Crippen molar-refractivity contribution < 1.29 is 33.8 Å². The fourth-order valence-corrected chi connectivity index (χ4v) is 3.33. The Bertz CT molecular complexity index is 857. The van der Waals surface area contributed by atoms with E-state index in [9.17, 15) is 24.3 Å². The number of phenolic OH excluding ortho intramolecular Hbond substituents is 1. The zero-order chi connectivity index (χ0) is 25.9. The van der Waals surface area contributed by atoms with E-state index in [0.717, 1.165) is 0 Å². The quantitative estimate of drug-likeness (QED) is 0.272. The van der Waals surface area contributed by atoms with Crippen molar-refractivity contribution in [2.24, 2.45) is 0 Å². The van der Waals surface area contributed by atoms with Crippen molar-refractivity contribution in [3.8, 4) is 5.75 Å². The van der Waals surface area contributed by atoms with Crippen LogP contribution in [0.4, 0.5) is 4.79 Å². The molecule has 1 aromatic rings. The Morgan fingerprint density at radius 2 is 1.85 bits per heavy atom. The summed E-state index contributed by atoms with van der Waals surface area (Å²) in [5.41, 5.74) is -0.402. The zero-order valence-corrected chi connectivity index (χ0v) is 21.2. The number of aromatic hydroxyl groups is 1. The zero-order valence-electron chi connectivity index (χ0n) is 20.3. The molecule has 0 bridgehead atoms. The molecule has 1 aromatic carbocycles. The number of hydrogen-bond donors (Lipinski definition) is 4. The molecule has 0 radical (unpaired) electrons. The minimum atomic E-state index is -1.13. The van der Waals surface area contributed by atoms with Crippen LogP contribution in [0.3, 0.4) is 0 Å². The molecule has 0 saturated heterocycles. The lowest BCUT2D eigenvalue weighted by atomic mass is 10.0. The van der Waals surface area contributed by atoms with Crippen LogP contribution in [0.25, 0.3) is 0 Å². The number of carbonyl (C=O) groups is 4. The van der Waals surface area contributed by atoms with Gasteiger partial charge in [0.25, 0.3) is 0 Å². The predicted octanol–water partition coefficient (Wildman–Crippen LogP) is 2.17. The van der Waals surface area contributed by atoms with E-state index in [1.54, 1.807) is 46.8 Å². The molecule has 190 valence electrons. The van der Waals surface area contributed by atoms with Crippen molar-refractivity contribution in [1.29, 1.82) is 0 Å². The van der Waals surface area contributed by atoms with Crippen LogP contribution in [0.15, 0.2) is 24.3 Å². The summed E-state index contributed by atoms with van der Waals surface area (Å²) >= 11 is 4.19. The molecule has 3 amide bonds. The summed E-state index contributed by atoms with van der Waals surface area (Å²) in [6.45, 7) is 8.80. The predicted molar refractivity (Wildman–Crippen MR) is 130 cm³/mol. The lowest BCUT2D eigenvalue weighted by Crippen LogP contribution is -2.53. The van der Waals surface area contributed by atoms with Crippen LogP contribution in [-0.2, 0) is 23.9 Å². The van der Waals surface area contributed by atoms with E-state index in [1.807, 2.05) is 0 Å². The topological polar surface area (TPSA) is 134 Å². The Kier molecular flexibility index (Phi) is 11.7. The van der Waals surface area contributed by atoms with Crippen LogP contribution in [0, 0.1) is 0 Å². The molecule has 11 heteroatoms. The molecule has 1 rings (SSSR count). The highest BCUT2D eigenvalue weighted by molar-refractivity contribution is 7.80. The first-order valence-corrected chi connectivity index (χ1v) is 11.7. The maximum Gasteiger partial charge on any atom is 0.408 e. The van der Waals surface area contributed by atoms with Gasteiger partial charge in [-0.25, -0.2) is 4.79 Å². The van der Waals surface area contributed by atoms with E-state index < -0.39 is 41.6 Å². The van der Waals surface area contributed by atoms with Crippen molar-refractivity contribution in [3.05, 3.63) is 29.8 Å². The third-order valence-corrected chi connectivity index (χ3v) is 4.84. The van der Waals surface area contributed by atoms with Gasteiger partial charge in [-0.1, -0.05) is 12.1 Å². The Hall–Kier alpha value is -2.95. The van der Waals surface area contributed by atoms with Crippen LogP contribution in [0.1, 0.15) is 52.6 Å². The largest absolute Gasteiger partial charge is 0.508 e. The van der Waals surface area contributed by atoms with Gasteiger partial charge in [0.1, 0.15) is 23.4 Å². The summed E-state index contributed by atoms with van der Waals surface area (Å²) in [6.07, 6.45) is -0.824. The maximum absolute atomic E-state index is 13.4. The highest BCUT2D eigenvalue weighted by Crippen LogP contribution is 2.25. The lowest BCUT2D eigenvalue weighted by molar-refractivity contribution is -0.144. The molecule has 0 spiro atoms. The smallest absolute Gasteiger partial charge is 0.408 e. The van der Waals surface area contributed by atoms with Crippen molar-refractivity contribution in [3.63, 3.8) is 0 Å². The number of nitrogens with zero attached hydrogens (tertiary/aromatic N) is 1. The molecule has 10 nitrogen and oxygen atoms in total. The van der Waals surface area contributed by atoms with E-state index >= 15 is 0 Å². The van der Waals surface area contributed by atoms with E-state index in [0.29, 0.717) is 5.56 Å². The van der Waals surface area contributed by atoms with Gasteiger partial charge in [-0.2, -0.15) is 12.6 Å². The summed E-state index contributed by atoms with van der Waals surface area (Å²) < 4.78 is 10.1. The number of phenols is 1. The average molecular weight is 498 g/mol. The normalized spacial score (nSPS) is 12.8. The summed E-state index contributed by atoms with van der Waals surface area (Å²) in [5.74, 6) is -1.69. The van der Waals surface area contributed by atoms with Crippen LogP contribution < -0.4 is 10.6 Å². The third-order valence-electron chi connectivity index (χ3n) is 4.48. The number of alkyl carbamates (subject to hydrolysis) is 1. The highest BCUT2D eigenvalue weighted by Gasteiger charge is 2.35. The molecule has 0 fully saturated rings. The molecular formula is C23H35N3O7S. The summed E-state index contributed by atoms with van der Waals surface area (Å²) in [6, 6.07) is 3.78. The number of hydrogen-bond acceptors (Lipinski definition) is 8. The van der Waals surface area contributed by atoms with Gasteiger partial charge in [0.15, 0.2) is 0 Å². The standard InChI is InChI=1S/C23H35N3O7S/c1-6-26(21(30)17(14-34)25-22(31)33-23(3,4)5)19(15-9-8-10-16(27)13-15)20(29)24-12-11-18(28)32-7-2/h8-10,13,17,19,27,34H,6-7,11-12,14H2,1-5H3,(H,24,29)(H,25,31). The number of ether oxygens (including phenoxy) is 2. The van der Waals surface area contributed by atoms with Crippen LogP contribution in [-0.4, -0.2) is 71.0 Å². The second kappa shape index (κ2) is 13.7. The molecular weight excluding hydrogens is 462 g/mol. The molecule has 34 heavy (non-hydrogen) atoms. The van der Waals surface area contributed by atoms with Crippen molar-refractivity contribution in [2.75, 3.05) is 25.4 Å². The highest BCUT2D eigenvalue weighted by atomic mass is 32.1. The molecule has 2 atom stereocenters. The molecule has 0 heterocycles. The lowest BCUT2D eigenvalue weighted by Gasteiger charge is -2.33. The van der Waals surface area contributed by atoms with E-state index in [2.05, 4.69) is 23.3 Å². The number of nitrogens with one attached hydrogen (secondary N) is 2. The first kappa shape index (κ1) is 29.1. The minimum absolute atomic E-state index is 0.00484. The first-order chi connectivity index (χ1) is 15.9. The SMILES string of the molecule is CCOC(=O)CCNC(=O)C(c1cccc(O)c1)N(CC)C(=O)C(CS)NC(=O)OC(C)(C)C. The maximum atomic E-state index is 13.4. The summed E-state index contributed by atoms with van der Waals surface area (Å²) in [5, 5.41) is 15.1. The van der Waals surface area contributed by atoms with Crippen LogP contribution >= 0.6 is 12.6 Å². The van der Waals surface area contributed by atoms with Gasteiger partial charge >= 0.3 is 12.1 Å². The fourth-order valence-electron chi connectivity index (χ4n) is 3.09. The summed E-state index contributed by atoms with van der Waals surface area (Å²) in [4.78, 5) is 51.6. The molecule has 3 N–H and O–H groups in total. The van der Waals surface area contributed by atoms with Crippen molar-refractivity contribution >= 4 is 36.5 Å². The first-order valence-electron chi connectivity index (χ1n) is 11.1. The number of amides is 3. The van der Waals surface area contributed by atoms with Gasteiger partial charge in [0.05, 0.1) is 13.0 Å². The van der Waals surface area contributed by atoms with E-state index in [4.69, 9.17) is 9.47 Å². The van der Waals surface area contributed by atoms with E-state index in [1.165, 1.54) is 17.0 Å². The second-order valence-electron chi connectivity index (χ2n) is 8.35. The Morgan fingerprint density at radius 3 is 2.38 bits per heavy atom. The van der Waals surface area contributed by atoms with Gasteiger partial charge < -0.3 is 30.1 Å². The number of esters is 1. The third kappa shape index (κ3) is 9.50. The number of carbonyl (C=O) groups excluding carboxylic acids is 4. The van der Waals surface area contributed by atoms with Gasteiger partial charge in [-0.3, -0.25) is 14.4 Å². The van der Waals surface area contributed by atoms with Crippen LogP contribution in [0.2, 0.25) is 0 Å². The van der Waals surface area contributed by atoms with Crippen molar-refractivity contribution in [2.45, 2.75) is 58.7 Å². The number of likely N-dealkylation sites (N-methyl/N-ethyl adjacent to an activating group) is 1.